The van der Waals surface area contributed by atoms with Crippen LogP contribution in [0.3, 0.4) is 0 Å². The molecule has 1 unspecified atom stereocenters. The van der Waals surface area contributed by atoms with Gasteiger partial charge in [-0.05, 0) is 44.7 Å². The number of rotatable bonds is 11. The molecular formula is C26H36N4O4. The van der Waals surface area contributed by atoms with Gasteiger partial charge in [-0.2, -0.15) is 0 Å². The summed E-state index contributed by atoms with van der Waals surface area (Å²) < 4.78 is 11.1. The quantitative estimate of drug-likeness (QED) is 0.527. The van der Waals surface area contributed by atoms with E-state index in [-0.39, 0.29) is 24.4 Å². The SMILES string of the molecule is CCOc1ccc(C(=O)NCC(=O)NC(CN2CCN(C)CC2)c2ccccc2)cc1OCC. The van der Waals surface area contributed by atoms with E-state index in [2.05, 4.69) is 27.5 Å². The minimum absolute atomic E-state index is 0.109. The number of hydrogen-bond acceptors (Lipinski definition) is 6. The Morgan fingerprint density at radius 1 is 0.941 bits per heavy atom. The first-order valence-electron chi connectivity index (χ1n) is 11.9. The van der Waals surface area contributed by atoms with Crippen molar-refractivity contribution in [1.82, 2.24) is 20.4 Å². The van der Waals surface area contributed by atoms with Crippen molar-refractivity contribution in [3.05, 3.63) is 59.7 Å². The third-order valence-corrected chi connectivity index (χ3v) is 5.79. The van der Waals surface area contributed by atoms with E-state index < -0.39 is 0 Å². The van der Waals surface area contributed by atoms with Crippen LogP contribution in [0.5, 0.6) is 11.5 Å². The van der Waals surface area contributed by atoms with Gasteiger partial charge in [0.25, 0.3) is 5.91 Å². The predicted octanol–water partition coefficient (Wildman–Crippen LogP) is 2.32. The summed E-state index contributed by atoms with van der Waals surface area (Å²) in [7, 11) is 2.12. The van der Waals surface area contributed by atoms with Crippen LogP contribution in [0, 0.1) is 0 Å². The molecule has 1 aliphatic rings. The highest BCUT2D eigenvalue weighted by molar-refractivity contribution is 5.97. The molecule has 0 radical (unpaired) electrons. The van der Waals surface area contributed by atoms with E-state index in [9.17, 15) is 9.59 Å². The topological polar surface area (TPSA) is 83.1 Å². The molecule has 2 aromatic rings. The summed E-state index contributed by atoms with van der Waals surface area (Å²) in [6, 6.07) is 14.8. The van der Waals surface area contributed by atoms with Gasteiger partial charge in [-0.3, -0.25) is 14.5 Å². The fourth-order valence-electron chi connectivity index (χ4n) is 3.91. The molecule has 184 valence electrons. The lowest BCUT2D eigenvalue weighted by atomic mass is 10.1. The third kappa shape index (κ3) is 7.46. The summed E-state index contributed by atoms with van der Waals surface area (Å²) in [6.45, 7) is 9.30. The van der Waals surface area contributed by atoms with E-state index in [4.69, 9.17) is 9.47 Å². The standard InChI is InChI=1S/C26H36N4O4/c1-4-33-23-12-11-21(17-24(23)34-5-2)26(32)27-18-25(31)28-22(20-9-7-6-8-10-20)19-30-15-13-29(3)14-16-30/h6-12,17,22H,4-5,13-16,18-19H2,1-3H3,(H,27,32)(H,28,31). The van der Waals surface area contributed by atoms with Crippen LogP contribution in [-0.4, -0.2) is 81.1 Å². The summed E-state index contributed by atoms with van der Waals surface area (Å²) in [5.74, 6) is 0.535. The monoisotopic (exact) mass is 468 g/mol. The molecule has 1 atom stereocenters. The summed E-state index contributed by atoms with van der Waals surface area (Å²) in [5.41, 5.74) is 1.46. The molecule has 1 heterocycles. The summed E-state index contributed by atoms with van der Waals surface area (Å²) in [6.07, 6.45) is 0. The van der Waals surface area contributed by atoms with Crippen LogP contribution in [0.2, 0.25) is 0 Å². The minimum Gasteiger partial charge on any atom is -0.490 e. The maximum Gasteiger partial charge on any atom is 0.251 e. The smallest absolute Gasteiger partial charge is 0.251 e. The second kappa shape index (κ2) is 13.0. The van der Waals surface area contributed by atoms with Gasteiger partial charge < -0.3 is 25.0 Å². The fourth-order valence-corrected chi connectivity index (χ4v) is 3.91. The molecule has 2 N–H and O–H groups in total. The molecule has 1 saturated heterocycles. The van der Waals surface area contributed by atoms with E-state index in [1.807, 2.05) is 44.2 Å². The molecular weight excluding hydrogens is 432 g/mol. The Morgan fingerprint density at radius 2 is 1.62 bits per heavy atom. The molecule has 8 nitrogen and oxygen atoms in total. The van der Waals surface area contributed by atoms with Gasteiger partial charge in [0, 0.05) is 38.3 Å². The first-order chi connectivity index (χ1) is 16.5. The molecule has 2 aromatic carbocycles. The average Bonchev–Trinajstić information content (AvgIpc) is 2.85. The number of carbonyl (C=O) groups excluding carboxylic acids is 2. The lowest BCUT2D eigenvalue weighted by molar-refractivity contribution is -0.121. The van der Waals surface area contributed by atoms with Crippen molar-refractivity contribution in [2.45, 2.75) is 19.9 Å². The number of benzene rings is 2. The highest BCUT2D eigenvalue weighted by Crippen LogP contribution is 2.28. The van der Waals surface area contributed by atoms with Crippen molar-refractivity contribution in [3.63, 3.8) is 0 Å². The van der Waals surface area contributed by atoms with E-state index in [1.165, 1.54) is 0 Å². The van der Waals surface area contributed by atoms with Gasteiger partial charge >= 0.3 is 0 Å². The number of hydrogen-bond donors (Lipinski definition) is 2. The summed E-state index contributed by atoms with van der Waals surface area (Å²) in [5, 5.41) is 5.82. The molecule has 0 aromatic heterocycles. The zero-order valence-corrected chi connectivity index (χ0v) is 20.4. The zero-order valence-electron chi connectivity index (χ0n) is 20.4. The maximum absolute atomic E-state index is 12.8. The van der Waals surface area contributed by atoms with Crippen molar-refractivity contribution in [2.24, 2.45) is 0 Å². The third-order valence-electron chi connectivity index (χ3n) is 5.79. The Morgan fingerprint density at radius 3 is 2.29 bits per heavy atom. The number of nitrogens with one attached hydrogen (secondary N) is 2. The Bertz CT molecular complexity index is 930. The number of ether oxygens (including phenoxy) is 2. The number of likely N-dealkylation sites (N-methyl/N-ethyl adjacent to an activating group) is 1. The van der Waals surface area contributed by atoms with Crippen molar-refractivity contribution in [3.8, 4) is 11.5 Å². The van der Waals surface area contributed by atoms with Gasteiger partial charge in [0.15, 0.2) is 11.5 Å². The molecule has 8 heteroatoms. The fraction of sp³-hybridized carbons (Fsp3) is 0.462. The zero-order chi connectivity index (χ0) is 24.3. The van der Waals surface area contributed by atoms with Crippen molar-refractivity contribution in [1.29, 1.82) is 0 Å². The first-order valence-corrected chi connectivity index (χ1v) is 11.9. The summed E-state index contributed by atoms with van der Waals surface area (Å²) in [4.78, 5) is 30.1. The maximum atomic E-state index is 12.8. The average molecular weight is 469 g/mol. The highest BCUT2D eigenvalue weighted by atomic mass is 16.5. The van der Waals surface area contributed by atoms with Gasteiger partial charge in [0.1, 0.15) is 0 Å². The predicted molar refractivity (Wildman–Crippen MR) is 132 cm³/mol. The van der Waals surface area contributed by atoms with Crippen LogP contribution in [0.4, 0.5) is 0 Å². The molecule has 1 fully saturated rings. The Hall–Kier alpha value is -3.10. The summed E-state index contributed by atoms with van der Waals surface area (Å²) >= 11 is 0. The Balaban J connectivity index is 1.59. The second-order valence-electron chi connectivity index (χ2n) is 8.34. The van der Waals surface area contributed by atoms with Crippen LogP contribution in [0.25, 0.3) is 0 Å². The molecule has 34 heavy (non-hydrogen) atoms. The molecule has 0 bridgehead atoms. The molecule has 0 spiro atoms. The van der Waals surface area contributed by atoms with Gasteiger partial charge in [0.2, 0.25) is 5.91 Å². The van der Waals surface area contributed by atoms with Gasteiger partial charge in [-0.15, -0.1) is 0 Å². The molecule has 1 aliphatic heterocycles. The largest absolute Gasteiger partial charge is 0.490 e. The first kappa shape index (κ1) is 25.5. The number of nitrogens with zero attached hydrogens (tertiary/aromatic N) is 2. The molecule has 3 rings (SSSR count). The van der Waals surface area contributed by atoms with E-state index in [0.29, 0.717) is 30.3 Å². The van der Waals surface area contributed by atoms with Crippen LogP contribution in [0.1, 0.15) is 35.8 Å². The van der Waals surface area contributed by atoms with Crippen LogP contribution >= 0.6 is 0 Å². The number of piperazine rings is 1. The van der Waals surface area contributed by atoms with Crippen molar-refractivity contribution < 1.29 is 19.1 Å². The van der Waals surface area contributed by atoms with Crippen molar-refractivity contribution in [2.75, 3.05) is 59.5 Å². The normalized spacial score (nSPS) is 15.4. The lowest BCUT2D eigenvalue weighted by Crippen LogP contribution is -2.48. The van der Waals surface area contributed by atoms with Crippen LogP contribution < -0.4 is 20.1 Å². The van der Waals surface area contributed by atoms with E-state index >= 15 is 0 Å². The Labute approximate surface area is 202 Å². The Kier molecular flexibility index (Phi) is 9.73. The number of amides is 2. The van der Waals surface area contributed by atoms with Gasteiger partial charge in [-0.1, -0.05) is 30.3 Å². The second-order valence-corrected chi connectivity index (χ2v) is 8.34. The molecule has 0 aliphatic carbocycles. The number of carbonyl (C=O) groups is 2. The molecule has 2 amide bonds. The lowest BCUT2D eigenvalue weighted by Gasteiger charge is -2.35. The van der Waals surface area contributed by atoms with E-state index in [1.54, 1.807) is 18.2 Å². The van der Waals surface area contributed by atoms with E-state index in [0.717, 1.165) is 38.3 Å². The van der Waals surface area contributed by atoms with Crippen LogP contribution in [-0.2, 0) is 4.79 Å². The van der Waals surface area contributed by atoms with Crippen molar-refractivity contribution >= 4 is 11.8 Å². The van der Waals surface area contributed by atoms with Crippen LogP contribution in [0.15, 0.2) is 48.5 Å². The van der Waals surface area contributed by atoms with Gasteiger partial charge in [0.05, 0.1) is 25.8 Å². The minimum atomic E-state index is -0.338. The highest BCUT2D eigenvalue weighted by Gasteiger charge is 2.21. The van der Waals surface area contributed by atoms with Gasteiger partial charge in [-0.25, -0.2) is 0 Å². The molecule has 0 saturated carbocycles.